The predicted octanol–water partition coefficient (Wildman–Crippen LogP) is 18.4. The van der Waals surface area contributed by atoms with Crippen LogP contribution in [0.15, 0.2) is 243 Å². The standard InChI is InChI=1S/4C16H10.2C2H6.5CH4O/c4*1-3-11-7-9-13-5-2-6-14-10-8-12(4-1)15(11)16(13)14;7*1-2/h4*1-10H;2*1-2H3;5*2H,1H3. The Kier molecular flexibility index (Phi) is 21.9. The van der Waals surface area contributed by atoms with Gasteiger partial charge in [-0.15, -0.1) is 0 Å². The fourth-order valence-electron chi connectivity index (χ4n) is 10.7. The lowest BCUT2D eigenvalue weighted by atomic mass is 9.95. The SMILES string of the molecule is CC.CC.CO.CO.CO.CO.CO.c1cc2ccc3cccc4ccc(c1)c2c34.c1cc2ccc3cccc4ccc(c1)c2c34.c1cc2ccc3cccc4ccc(c1)c2c34.c1cc2ccc3cccc4ccc(c1)c2c34. The van der Waals surface area contributed by atoms with Crippen LogP contribution in [0.1, 0.15) is 27.7 Å². The fraction of sp³-hybridized carbons (Fsp3) is 0.123. The lowest BCUT2D eigenvalue weighted by molar-refractivity contribution is 0.399. The minimum absolute atomic E-state index is 1.00. The van der Waals surface area contributed by atoms with Crippen LogP contribution in [0, 0.1) is 0 Å². The van der Waals surface area contributed by atoms with E-state index in [4.69, 9.17) is 25.5 Å². The average Bonchev–Trinajstić information content (AvgIpc) is 3.70. The molecule has 0 aliphatic carbocycles. The van der Waals surface area contributed by atoms with Crippen LogP contribution >= 0.6 is 0 Å². The van der Waals surface area contributed by atoms with E-state index in [0.717, 1.165) is 35.5 Å². The van der Waals surface area contributed by atoms with Crippen molar-refractivity contribution in [3.63, 3.8) is 0 Å². The second-order valence-electron chi connectivity index (χ2n) is 17.2. The molecule has 16 aromatic carbocycles. The highest BCUT2D eigenvalue weighted by molar-refractivity contribution is 6.26. The summed E-state index contributed by atoms with van der Waals surface area (Å²) in [5.41, 5.74) is 0. The summed E-state index contributed by atoms with van der Waals surface area (Å²) in [5, 5.41) is 67.6. The van der Waals surface area contributed by atoms with Crippen molar-refractivity contribution in [3.05, 3.63) is 243 Å². The zero-order valence-electron chi connectivity index (χ0n) is 46.3. The van der Waals surface area contributed by atoms with Gasteiger partial charge < -0.3 is 25.5 Å². The molecule has 0 aliphatic heterocycles. The zero-order valence-corrected chi connectivity index (χ0v) is 46.3. The van der Waals surface area contributed by atoms with Crippen molar-refractivity contribution in [1.82, 2.24) is 0 Å². The number of hydrogen-bond donors (Lipinski definition) is 5. The van der Waals surface area contributed by atoms with Gasteiger partial charge >= 0.3 is 0 Å². The summed E-state index contributed by atoms with van der Waals surface area (Å²) in [6, 6.07) is 87.4. The van der Waals surface area contributed by atoms with E-state index in [9.17, 15) is 0 Å². The number of aliphatic hydroxyl groups is 5. The van der Waals surface area contributed by atoms with Gasteiger partial charge in [0.05, 0.1) is 0 Å². The largest absolute Gasteiger partial charge is 0.400 e. The molecule has 16 rings (SSSR count). The van der Waals surface area contributed by atoms with E-state index >= 15 is 0 Å². The first-order valence-corrected chi connectivity index (χ1v) is 26.5. The Morgan fingerprint density at radius 2 is 0.192 bits per heavy atom. The average molecular weight is 1030 g/mol. The highest BCUT2D eigenvalue weighted by Crippen LogP contribution is 2.37. The molecule has 0 heterocycles. The van der Waals surface area contributed by atoms with E-state index in [-0.39, 0.29) is 0 Å². The lowest BCUT2D eigenvalue weighted by Gasteiger charge is -2.09. The highest BCUT2D eigenvalue weighted by Gasteiger charge is 2.10. The molecule has 0 radical (unpaired) electrons. The van der Waals surface area contributed by atoms with Crippen molar-refractivity contribution in [1.29, 1.82) is 0 Å². The second-order valence-corrected chi connectivity index (χ2v) is 17.2. The molecule has 0 saturated heterocycles. The maximum Gasteiger partial charge on any atom is 0.0319 e. The molecule has 16 aromatic rings. The smallest absolute Gasteiger partial charge is 0.0319 e. The van der Waals surface area contributed by atoms with Gasteiger partial charge in [-0.25, -0.2) is 0 Å². The summed E-state index contributed by atoms with van der Waals surface area (Å²) in [5.74, 6) is 0. The van der Waals surface area contributed by atoms with E-state index in [2.05, 4.69) is 243 Å². The summed E-state index contributed by atoms with van der Waals surface area (Å²) in [7, 11) is 5.00. The maximum atomic E-state index is 7.00. The first-order chi connectivity index (χ1) is 38.7. The van der Waals surface area contributed by atoms with Gasteiger partial charge in [0.1, 0.15) is 0 Å². The Bertz CT molecular complexity index is 3250. The minimum Gasteiger partial charge on any atom is -0.400 e. The lowest BCUT2D eigenvalue weighted by Crippen LogP contribution is -1.82. The van der Waals surface area contributed by atoms with Crippen molar-refractivity contribution in [3.8, 4) is 0 Å². The molecule has 0 aromatic heterocycles. The molecule has 0 saturated carbocycles. The van der Waals surface area contributed by atoms with Crippen LogP contribution in [-0.2, 0) is 0 Å². The molecule has 0 fully saturated rings. The van der Waals surface area contributed by atoms with Crippen molar-refractivity contribution in [2.45, 2.75) is 27.7 Å². The molecule has 78 heavy (non-hydrogen) atoms. The van der Waals surface area contributed by atoms with Gasteiger partial charge in [0, 0.05) is 35.5 Å². The molecular weight excluding hydrogens is 957 g/mol. The van der Waals surface area contributed by atoms with Gasteiger partial charge in [0.25, 0.3) is 0 Å². The van der Waals surface area contributed by atoms with Crippen molar-refractivity contribution in [2.24, 2.45) is 0 Å². The molecule has 0 unspecified atom stereocenters. The van der Waals surface area contributed by atoms with Gasteiger partial charge in [-0.05, 0) is 129 Å². The van der Waals surface area contributed by atoms with Gasteiger partial charge in [0.2, 0.25) is 0 Å². The van der Waals surface area contributed by atoms with Gasteiger partial charge in [-0.2, -0.15) is 0 Å². The maximum absolute atomic E-state index is 7.00. The van der Waals surface area contributed by atoms with Gasteiger partial charge in [-0.3, -0.25) is 0 Å². The monoisotopic (exact) mass is 1030 g/mol. The normalized spacial score (nSPS) is 10.2. The molecule has 5 nitrogen and oxygen atoms in total. The Balaban J connectivity index is 0.000000156. The van der Waals surface area contributed by atoms with Crippen LogP contribution in [0.2, 0.25) is 0 Å². The van der Waals surface area contributed by atoms with Gasteiger partial charge in [0.15, 0.2) is 0 Å². The molecule has 0 bridgehead atoms. The quantitative estimate of drug-likeness (QED) is 0.0975. The summed E-state index contributed by atoms with van der Waals surface area (Å²) in [6.45, 7) is 8.00. The summed E-state index contributed by atoms with van der Waals surface area (Å²) in [4.78, 5) is 0. The molecule has 5 N–H and O–H groups in total. The third kappa shape index (κ3) is 11.7. The minimum atomic E-state index is 1.00. The van der Waals surface area contributed by atoms with Crippen LogP contribution in [0.5, 0.6) is 0 Å². The Hall–Kier alpha value is -8.52. The van der Waals surface area contributed by atoms with Crippen molar-refractivity contribution >= 4 is 129 Å². The molecular formula is C73H72O5. The number of rotatable bonds is 0. The third-order valence-electron chi connectivity index (χ3n) is 13.6. The number of hydrogen-bond acceptors (Lipinski definition) is 5. The van der Waals surface area contributed by atoms with E-state index in [0.29, 0.717) is 0 Å². The zero-order chi connectivity index (χ0) is 56.1. The number of aliphatic hydroxyl groups excluding tert-OH is 5. The van der Waals surface area contributed by atoms with Crippen LogP contribution in [0.25, 0.3) is 129 Å². The number of benzene rings is 16. The van der Waals surface area contributed by atoms with Crippen LogP contribution in [0.4, 0.5) is 0 Å². The van der Waals surface area contributed by atoms with Gasteiger partial charge in [-0.1, -0.05) is 270 Å². The second kappa shape index (κ2) is 29.1. The van der Waals surface area contributed by atoms with Crippen LogP contribution in [-0.4, -0.2) is 61.1 Å². The predicted molar refractivity (Wildman–Crippen MR) is 344 cm³/mol. The Morgan fingerprint density at radius 3 is 0.256 bits per heavy atom. The molecule has 0 amide bonds. The van der Waals surface area contributed by atoms with E-state index in [1.807, 2.05) is 27.7 Å². The van der Waals surface area contributed by atoms with Crippen LogP contribution < -0.4 is 0 Å². The van der Waals surface area contributed by atoms with E-state index in [1.165, 1.54) is 129 Å². The first kappa shape index (κ1) is 58.7. The highest BCUT2D eigenvalue weighted by atomic mass is 16.2. The van der Waals surface area contributed by atoms with Crippen LogP contribution in [0.3, 0.4) is 0 Å². The first-order valence-electron chi connectivity index (χ1n) is 26.5. The van der Waals surface area contributed by atoms with E-state index in [1.54, 1.807) is 0 Å². The molecule has 0 aliphatic rings. The summed E-state index contributed by atoms with van der Waals surface area (Å²) in [6.07, 6.45) is 0. The van der Waals surface area contributed by atoms with Crippen molar-refractivity contribution < 1.29 is 25.5 Å². The summed E-state index contributed by atoms with van der Waals surface area (Å²) >= 11 is 0. The Morgan fingerprint density at radius 1 is 0.128 bits per heavy atom. The molecule has 5 heteroatoms. The summed E-state index contributed by atoms with van der Waals surface area (Å²) < 4.78 is 0. The van der Waals surface area contributed by atoms with Crippen molar-refractivity contribution in [2.75, 3.05) is 35.5 Å². The fourth-order valence-corrected chi connectivity index (χ4v) is 10.7. The third-order valence-corrected chi connectivity index (χ3v) is 13.6. The molecule has 0 spiro atoms. The Labute approximate surface area is 458 Å². The molecule has 0 atom stereocenters. The van der Waals surface area contributed by atoms with E-state index < -0.39 is 0 Å². The molecule has 394 valence electrons. The topological polar surface area (TPSA) is 101 Å².